The summed E-state index contributed by atoms with van der Waals surface area (Å²) in [5.74, 6) is 0.116. The van der Waals surface area contributed by atoms with E-state index in [0.29, 0.717) is 13.0 Å². The molecular weight excluding hydrogens is 266 g/mol. The van der Waals surface area contributed by atoms with Crippen LogP contribution >= 0.6 is 0 Å². The van der Waals surface area contributed by atoms with Crippen LogP contribution in [0.1, 0.15) is 51.9 Å². The fourth-order valence-corrected chi connectivity index (χ4v) is 2.82. The minimum Gasteiger partial charge on any atom is -0.274 e. The molecule has 0 radical (unpaired) electrons. The van der Waals surface area contributed by atoms with Crippen molar-refractivity contribution >= 4 is 14.0 Å². The number of carbonyl (C=O) groups excluding carboxylic acids is 1. The van der Waals surface area contributed by atoms with Gasteiger partial charge in [-0.1, -0.05) is 64.0 Å². The first kappa shape index (κ1) is 19.4. The fourth-order valence-electron chi connectivity index (χ4n) is 1.95. The molecule has 0 atom stereocenters. The highest BCUT2D eigenvalue weighted by Crippen LogP contribution is 2.08. The Balaban J connectivity index is 3.88. The summed E-state index contributed by atoms with van der Waals surface area (Å²) in [6, 6.07) is 0. The van der Waals surface area contributed by atoms with Gasteiger partial charge in [0.05, 0.1) is 21.7 Å². The molecule has 0 rings (SSSR count). The second-order valence-corrected chi connectivity index (χ2v) is 11.5. The van der Waals surface area contributed by atoms with Crippen LogP contribution in [0.25, 0.3) is 0 Å². The molecule has 0 bridgehead atoms. The zero-order chi connectivity index (χ0) is 15.4. The number of unbranched alkanes of at least 4 members (excludes halogenated alkanes) is 4. The molecule has 118 valence electrons. The van der Waals surface area contributed by atoms with Crippen molar-refractivity contribution in [3.05, 3.63) is 11.8 Å². The fraction of sp³-hybridized carbons (Fsp3) is 0.812. The van der Waals surface area contributed by atoms with Crippen molar-refractivity contribution in [3.63, 3.8) is 0 Å². The molecule has 0 aromatic heterocycles. The standard InChI is InChI=1S/C16H33NO2Si/c1-6-7-8-9-10-13-16(18)17(19-2)14-11-12-15-20(3,4)5/h12,15H,6-11,13-14H2,1-5H3/b15-12-. The lowest BCUT2D eigenvalue weighted by Crippen LogP contribution is -2.30. The van der Waals surface area contributed by atoms with E-state index in [4.69, 9.17) is 4.84 Å². The molecule has 0 N–H and O–H groups in total. The van der Waals surface area contributed by atoms with Crippen LogP contribution in [0.5, 0.6) is 0 Å². The minimum atomic E-state index is -1.13. The van der Waals surface area contributed by atoms with Gasteiger partial charge in [0.25, 0.3) is 0 Å². The average molecular weight is 300 g/mol. The van der Waals surface area contributed by atoms with E-state index in [-0.39, 0.29) is 5.91 Å². The molecule has 0 aliphatic rings. The van der Waals surface area contributed by atoms with Crippen molar-refractivity contribution in [2.24, 2.45) is 0 Å². The second kappa shape index (κ2) is 11.1. The monoisotopic (exact) mass is 299 g/mol. The second-order valence-electron chi connectivity index (χ2n) is 6.40. The van der Waals surface area contributed by atoms with Crippen LogP contribution in [0.15, 0.2) is 11.8 Å². The van der Waals surface area contributed by atoms with Crippen molar-refractivity contribution < 1.29 is 9.63 Å². The molecule has 0 unspecified atom stereocenters. The molecule has 4 heteroatoms. The van der Waals surface area contributed by atoms with E-state index < -0.39 is 8.07 Å². The van der Waals surface area contributed by atoms with Crippen LogP contribution in [0, 0.1) is 0 Å². The maximum Gasteiger partial charge on any atom is 0.246 e. The molecule has 0 aliphatic carbocycles. The van der Waals surface area contributed by atoms with Crippen molar-refractivity contribution in [2.75, 3.05) is 13.7 Å². The number of hydrogen-bond acceptors (Lipinski definition) is 2. The van der Waals surface area contributed by atoms with Gasteiger partial charge in [0, 0.05) is 6.42 Å². The highest BCUT2D eigenvalue weighted by Gasteiger charge is 2.12. The lowest BCUT2D eigenvalue weighted by molar-refractivity contribution is -0.175. The molecule has 20 heavy (non-hydrogen) atoms. The number of nitrogens with zero attached hydrogens (tertiary/aromatic N) is 1. The van der Waals surface area contributed by atoms with Gasteiger partial charge in [-0.15, -0.1) is 0 Å². The Labute approximate surface area is 126 Å². The summed E-state index contributed by atoms with van der Waals surface area (Å²) in [6.07, 6.45) is 9.53. The molecule has 0 saturated carbocycles. The number of hydrogen-bond donors (Lipinski definition) is 0. The average Bonchev–Trinajstić information content (AvgIpc) is 2.37. The first-order chi connectivity index (χ1) is 9.40. The molecule has 0 saturated heterocycles. The Morgan fingerprint density at radius 1 is 1.15 bits per heavy atom. The zero-order valence-corrected chi connectivity index (χ0v) is 15.1. The lowest BCUT2D eigenvalue weighted by Gasteiger charge is -2.19. The highest BCUT2D eigenvalue weighted by molar-refractivity contribution is 6.80. The third kappa shape index (κ3) is 11.2. The quantitative estimate of drug-likeness (QED) is 0.318. The number of rotatable bonds is 11. The molecule has 3 nitrogen and oxygen atoms in total. The van der Waals surface area contributed by atoms with Gasteiger partial charge in [0.2, 0.25) is 5.91 Å². The predicted octanol–water partition coefficient (Wildman–Crippen LogP) is 4.56. The highest BCUT2D eigenvalue weighted by atomic mass is 28.3. The number of carbonyl (C=O) groups is 1. The SMILES string of the molecule is CCCCCCCC(=O)N(CC/C=C\[Si](C)(C)C)OC. The zero-order valence-electron chi connectivity index (χ0n) is 14.1. The Morgan fingerprint density at radius 2 is 1.80 bits per heavy atom. The van der Waals surface area contributed by atoms with Crippen LogP contribution in [0.2, 0.25) is 19.6 Å². The summed E-state index contributed by atoms with van der Waals surface area (Å²) < 4.78 is 0. The van der Waals surface area contributed by atoms with Crippen molar-refractivity contribution in [2.45, 2.75) is 71.5 Å². The lowest BCUT2D eigenvalue weighted by atomic mass is 10.1. The van der Waals surface area contributed by atoms with Crippen molar-refractivity contribution in [3.8, 4) is 0 Å². The van der Waals surface area contributed by atoms with Crippen molar-refractivity contribution in [1.82, 2.24) is 5.06 Å². The molecule has 0 aromatic rings. The Hall–Kier alpha value is -0.613. The van der Waals surface area contributed by atoms with E-state index in [1.165, 1.54) is 24.3 Å². The minimum absolute atomic E-state index is 0.116. The smallest absolute Gasteiger partial charge is 0.246 e. The topological polar surface area (TPSA) is 29.5 Å². The van der Waals surface area contributed by atoms with Gasteiger partial charge >= 0.3 is 0 Å². The molecule has 0 aromatic carbocycles. The van der Waals surface area contributed by atoms with E-state index in [1.54, 1.807) is 7.11 Å². The third-order valence-electron chi connectivity index (χ3n) is 3.11. The van der Waals surface area contributed by atoms with Gasteiger partial charge in [-0.25, -0.2) is 5.06 Å². The molecule has 0 fully saturated rings. The Bertz CT molecular complexity index is 285. The normalized spacial score (nSPS) is 12.1. The molecule has 0 spiro atoms. The summed E-state index contributed by atoms with van der Waals surface area (Å²) in [7, 11) is 0.455. The number of amides is 1. The van der Waals surface area contributed by atoms with E-state index >= 15 is 0 Å². The van der Waals surface area contributed by atoms with Gasteiger partial charge in [0.15, 0.2) is 0 Å². The first-order valence-electron chi connectivity index (χ1n) is 7.93. The van der Waals surface area contributed by atoms with Crippen LogP contribution in [0.3, 0.4) is 0 Å². The largest absolute Gasteiger partial charge is 0.274 e. The predicted molar refractivity (Wildman–Crippen MR) is 89.2 cm³/mol. The molecule has 1 amide bonds. The Morgan fingerprint density at radius 3 is 2.35 bits per heavy atom. The van der Waals surface area contributed by atoms with Crippen LogP contribution < -0.4 is 0 Å². The van der Waals surface area contributed by atoms with E-state index in [9.17, 15) is 4.79 Å². The molecule has 0 heterocycles. The van der Waals surface area contributed by atoms with E-state index in [1.807, 2.05) is 0 Å². The first-order valence-corrected chi connectivity index (χ1v) is 11.5. The van der Waals surface area contributed by atoms with Gasteiger partial charge in [-0.3, -0.25) is 9.63 Å². The Kier molecular flexibility index (Phi) is 10.8. The van der Waals surface area contributed by atoms with E-state index in [0.717, 1.165) is 19.3 Å². The summed E-state index contributed by atoms with van der Waals surface area (Å²) in [5, 5.41) is 1.51. The van der Waals surface area contributed by atoms with Crippen molar-refractivity contribution in [1.29, 1.82) is 0 Å². The summed E-state index contributed by atoms with van der Waals surface area (Å²) in [6.45, 7) is 9.77. The van der Waals surface area contributed by atoms with E-state index in [2.05, 4.69) is 38.3 Å². The van der Waals surface area contributed by atoms with Gasteiger partial charge in [-0.05, 0) is 12.8 Å². The maximum absolute atomic E-state index is 12.0. The summed E-state index contributed by atoms with van der Waals surface area (Å²) >= 11 is 0. The number of hydroxylamine groups is 2. The van der Waals surface area contributed by atoms with Gasteiger partial charge in [-0.2, -0.15) is 0 Å². The third-order valence-corrected chi connectivity index (χ3v) is 4.35. The maximum atomic E-state index is 12.0. The molecule has 0 aliphatic heterocycles. The van der Waals surface area contributed by atoms with Crippen LogP contribution in [-0.2, 0) is 9.63 Å². The molecular formula is C16H33NO2Si. The van der Waals surface area contributed by atoms with Gasteiger partial charge < -0.3 is 0 Å². The van der Waals surface area contributed by atoms with Crippen LogP contribution in [0.4, 0.5) is 0 Å². The summed E-state index contributed by atoms with van der Waals surface area (Å²) in [5.41, 5.74) is 2.32. The van der Waals surface area contributed by atoms with Crippen LogP contribution in [-0.4, -0.2) is 32.7 Å². The van der Waals surface area contributed by atoms with Gasteiger partial charge in [0.1, 0.15) is 0 Å². The summed E-state index contributed by atoms with van der Waals surface area (Å²) in [4.78, 5) is 17.2.